The molecule has 18 heavy (non-hydrogen) atoms. The smallest absolute Gasteiger partial charge is 0.338 e. The summed E-state index contributed by atoms with van der Waals surface area (Å²) < 4.78 is 0.548. The van der Waals surface area contributed by atoms with Crippen LogP contribution >= 0.6 is 27.7 Å². The molecule has 0 atom stereocenters. The number of aromatic nitrogens is 2. The van der Waals surface area contributed by atoms with Crippen LogP contribution in [-0.4, -0.2) is 21.0 Å². The molecule has 0 aliphatic carbocycles. The van der Waals surface area contributed by atoms with Gasteiger partial charge in [0, 0.05) is 21.8 Å². The topological polar surface area (TPSA) is 63.1 Å². The van der Waals surface area contributed by atoms with Crippen LogP contribution in [0.3, 0.4) is 0 Å². The third kappa shape index (κ3) is 2.88. The molecule has 1 heterocycles. The fourth-order valence-corrected chi connectivity index (χ4v) is 2.85. The summed E-state index contributed by atoms with van der Waals surface area (Å²) in [5.41, 5.74) is 1.19. The van der Waals surface area contributed by atoms with E-state index < -0.39 is 5.97 Å². The van der Waals surface area contributed by atoms with Crippen LogP contribution in [0.5, 0.6) is 0 Å². The second-order valence-electron chi connectivity index (χ2n) is 3.56. The van der Waals surface area contributed by atoms with Gasteiger partial charge in [0.2, 0.25) is 0 Å². The minimum atomic E-state index is -0.975. The lowest BCUT2D eigenvalue weighted by molar-refractivity contribution is 0.0692. The molecule has 1 aromatic heterocycles. The molecule has 0 aliphatic heterocycles. The summed E-state index contributed by atoms with van der Waals surface area (Å²) in [5, 5.41) is 9.71. The average molecular weight is 325 g/mol. The first-order valence-electron chi connectivity index (χ1n) is 5.06. The Morgan fingerprint density at radius 1 is 1.33 bits per heavy atom. The van der Waals surface area contributed by atoms with Gasteiger partial charge in [0.05, 0.1) is 5.56 Å². The molecule has 2 aromatic rings. The van der Waals surface area contributed by atoms with Crippen molar-refractivity contribution in [3.05, 3.63) is 46.2 Å². The van der Waals surface area contributed by atoms with Gasteiger partial charge in [-0.05, 0) is 52.3 Å². The van der Waals surface area contributed by atoms with Gasteiger partial charge >= 0.3 is 5.97 Å². The van der Waals surface area contributed by atoms with Crippen LogP contribution in [0.15, 0.2) is 45.1 Å². The van der Waals surface area contributed by atoms with E-state index >= 15 is 0 Å². The summed E-state index contributed by atoms with van der Waals surface area (Å²) in [7, 11) is 0. The van der Waals surface area contributed by atoms with E-state index in [2.05, 4.69) is 25.9 Å². The molecule has 0 aliphatic rings. The van der Waals surface area contributed by atoms with Crippen molar-refractivity contribution in [2.75, 3.05) is 0 Å². The molecule has 0 bridgehead atoms. The number of halogens is 1. The van der Waals surface area contributed by atoms with Crippen LogP contribution in [0.1, 0.15) is 15.9 Å². The van der Waals surface area contributed by atoms with E-state index in [-0.39, 0.29) is 5.56 Å². The highest BCUT2D eigenvalue weighted by Crippen LogP contribution is 2.32. The molecule has 6 heteroatoms. The zero-order valence-electron chi connectivity index (χ0n) is 9.42. The third-order valence-electron chi connectivity index (χ3n) is 2.15. The van der Waals surface area contributed by atoms with Gasteiger partial charge in [0.1, 0.15) is 0 Å². The molecule has 92 valence electrons. The van der Waals surface area contributed by atoms with Crippen LogP contribution in [0, 0.1) is 6.92 Å². The van der Waals surface area contributed by atoms with Crippen molar-refractivity contribution in [2.45, 2.75) is 17.0 Å². The predicted molar refractivity (Wildman–Crippen MR) is 72.0 cm³/mol. The first-order valence-corrected chi connectivity index (χ1v) is 6.67. The molecular weight excluding hydrogens is 316 g/mol. The van der Waals surface area contributed by atoms with Crippen LogP contribution in [0.25, 0.3) is 0 Å². The first kappa shape index (κ1) is 13.0. The zero-order valence-corrected chi connectivity index (χ0v) is 11.8. The summed E-state index contributed by atoms with van der Waals surface area (Å²) in [6.07, 6.45) is 3.40. The van der Waals surface area contributed by atoms with E-state index in [1.165, 1.54) is 11.8 Å². The number of nitrogens with zero attached hydrogens (tertiary/aromatic N) is 2. The number of hydrogen-bond acceptors (Lipinski definition) is 4. The molecule has 4 nitrogen and oxygen atoms in total. The van der Waals surface area contributed by atoms with Gasteiger partial charge in [0.25, 0.3) is 0 Å². The number of aromatic carboxylic acids is 1. The Bertz CT molecular complexity index is 587. The van der Waals surface area contributed by atoms with Crippen LogP contribution in [0.2, 0.25) is 0 Å². The molecule has 0 fully saturated rings. The Hall–Kier alpha value is -1.40. The molecule has 1 aromatic carbocycles. The maximum Gasteiger partial charge on any atom is 0.338 e. The van der Waals surface area contributed by atoms with Crippen LogP contribution in [-0.2, 0) is 0 Å². The Labute approximate surface area is 117 Å². The number of carbonyl (C=O) groups is 1. The largest absolute Gasteiger partial charge is 0.478 e. The fraction of sp³-hybridized carbons (Fsp3) is 0.0833. The molecule has 0 unspecified atom stereocenters. The second kappa shape index (κ2) is 5.49. The zero-order chi connectivity index (χ0) is 13.1. The summed E-state index contributed by atoms with van der Waals surface area (Å²) in [4.78, 5) is 20.1. The third-order valence-corrected chi connectivity index (χ3v) is 3.76. The average Bonchev–Trinajstić information content (AvgIpc) is 2.32. The van der Waals surface area contributed by atoms with Gasteiger partial charge in [-0.15, -0.1) is 0 Å². The van der Waals surface area contributed by atoms with Crippen molar-refractivity contribution in [2.24, 2.45) is 0 Å². The van der Waals surface area contributed by atoms with Crippen molar-refractivity contribution in [1.82, 2.24) is 9.97 Å². The van der Waals surface area contributed by atoms with Crippen molar-refractivity contribution >= 4 is 33.7 Å². The van der Waals surface area contributed by atoms with Gasteiger partial charge < -0.3 is 5.11 Å². The van der Waals surface area contributed by atoms with E-state index in [1.807, 2.05) is 6.92 Å². The quantitative estimate of drug-likeness (QED) is 0.877. The van der Waals surface area contributed by atoms with Gasteiger partial charge in [-0.25, -0.2) is 14.8 Å². The summed E-state index contributed by atoms with van der Waals surface area (Å²) in [5.74, 6) is -0.975. The highest BCUT2D eigenvalue weighted by Gasteiger charge is 2.15. The second-order valence-corrected chi connectivity index (χ2v) is 5.43. The minimum Gasteiger partial charge on any atom is -0.478 e. The molecule has 0 saturated heterocycles. The molecule has 0 saturated carbocycles. The molecule has 1 N–H and O–H groups in total. The Morgan fingerprint density at radius 3 is 2.61 bits per heavy atom. The Morgan fingerprint density at radius 2 is 2.00 bits per heavy atom. The van der Waals surface area contributed by atoms with E-state index in [4.69, 9.17) is 0 Å². The Kier molecular flexibility index (Phi) is 3.98. The SMILES string of the molecule is Cc1cnc(Sc2cccc(Br)c2C(=O)O)nc1. The number of rotatable bonds is 3. The van der Waals surface area contributed by atoms with Crippen molar-refractivity contribution in [3.8, 4) is 0 Å². The minimum absolute atomic E-state index is 0.228. The summed E-state index contributed by atoms with van der Waals surface area (Å²) in [6, 6.07) is 5.22. The van der Waals surface area contributed by atoms with Gasteiger partial charge in [0.15, 0.2) is 5.16 Å². The molecule has 0 radical (unpaired) electrons. The lowest BCUT2D eigenvalue weighted by Crippen LogP contribution is -2.00. The first-order chi connectivity index (χ1) is 8.58. The monoisotopic (exact) mass is 324 g/mol. The maximum atomic E-state index is 11.2. The standard InChI is InChI=1S/C12H9BrN2O2S/c1-7-5-14-12(15-6-7)18-9-4-2-3-8(13)10(9)11(16)17/h2-6H,1H3,(H,16,17). The van der Waals surface area contributed by atoms with E-state index in [0.29, 0.717) is 14.5 Å². The van der Waals surface area contributed by atoms with Crippen LogP contribution < -0.4 is 0 Å². The molecule has 2 rings (SSSR count). The lowest BCUT2D eigenvalue weighted by Gasteiger charge is -2.06. The van der Waals surface area contributed by atoms with Gasteiger partial charge in [-0.3, -0.25) is 0 Å². The number of carboxylic acids is 1. The lowest BCUT2D eigenvalue weighted by atomic mass is 10.2. The highest BCUT2D eigenvalue weighted by molar-refractivity contribution is 9.10. The van der Waals surface area contributed by atoms with Crippen molar-refractivity contribution in [3.63, 3.8) is 0 Å². The van der Waals surface area contributed by atoms with E-state index in [0.717, 1.165) is 5.56 Å². The van der Waals surface area contributed by atoms with E-state index in [1.54, 1.807) is 30.6 Å². The van der Waals surface area contributed by atoms with Crippen molar-refractivity contribution < 1.29 is 9.90 Å². The summed E-state index contributed by atoms with van der Waals surface area (Å²) in [6.45, 7) is 1.90. The predicted octanol–water partition coefficient (Wildman–Crippen LogP) is 3.40. The van der Waals surface area contributed by atoms with Gasteiger partial charge in [-0.2, -0.15) is 0 Å². The maximum absolute atomic E-state index is 11.2. The number of aryl methyl sites for hydroxylation is 1. The normalized spacial score (nSPS) is 10.3. The molecule has 0 amide bonds. The van der Waals surface area contributed by atoms with Crippen molar-refractivity contribution in [1.29, 1.82) is 0 Å². The number of hydrogen-bond donors (Lipinski definition) is 1. The Balaban J connectivity index is 2.37. The van der Waals surface area contributed by atoms with E-state index in [9.17, 15) is 9.90 Å². The molecular formula is C12H9BrN2O2S. The number of carboxylic acid groups (broad SMARTS) is 1. The highest BCUT2D eigenvalue weighted by atomic mass is 79.9. The summed E-state index contributed by atoms with van der Waals surface area (Å²) >= 11 is 4.47. The van der Waals surface area contributed by atoms with Crippen LogP contribution in [0.4, 0.5) is 0 Å². The van der Waals surface area contributed by atoms with Gasteiger partial charge in [-0.1, -0.05) is 6.07 Å². The molecule has 0 spiro atoms. The fourth-order valence-electron chi connectivity index (χ4n) is 1.33. The number of benzene rings is 1.